The third-order valence-electron chi connectivity index (χ3n) is 1.38. The summed E-state index contributed by atoms with van der Waals surface area (Å²) < 4.78 is 0. The molecule has 0 aromatic heterocycles. The molecule has 0 bridgehead atoms. The average Bonchev–Trinajstić information content (AvgIpc) is 2.12. The van der Waals surface area contributed by atoms with Gasteiger partial charge in [-0.3, -0.25) is 0 Å². The van der Waals surface area contributed by atoms with Crippen molar-refractivity contribution in [1.82, 2.24) is 4.90 Å². The van der Waals surface area contributed by atoms with E-state index in [1.807, 2.05) is 0 Å². The number of carbonyl (C=O) groups is 1. The van der Waals surface area contributed by atoms with Gasteiger partial charge in [0.2, 0.25) is 0 Å². The van der Waals surface area contributed by atoms with E-state index in [-0.39, 0.29) is 29.6 Å². The molecule has 0 atom stereocenters. The molecule has 0 aromatic carbocycles. The molecule has 1 N–H and O–H groups in total. The van der Waals surface area contributed by atoms with Crippen molar-refractivity contribution < 1.29 is 9.90 Å². The van der Waals surface area contributed by atoms with Gasteiger partial charge in [0.05, 0.1) is 0 Å². The van der Waals surface area contributed by atoms with Crippen molar-refractivity contribution in [2.45, 2.75) is 12.8 Å². The van der Waals surface area contributed by atoms with Gasteiger partial charge in [-0.2, -0.15) is 0 Å². The van der Waals surface area contributed by atoms with E-state index < -0.39 is 6.09 Å². The van der Waals surface area contributed by atoms with Crippen LogP contribution < -0.4 is 0 Å². The van der Waals surface area contributed by atoms with Crippen molar-refractivity contribution in [3.63, 3.8) is 0 Å². The molecule has 0 aromatic rings. The predicted octanol–water partition coefficient (Wildman–Crippen LogP) is 0.379. The summed E-state index contributed by atoms with van der Waals surface area (Å²) >= 11 is 0. The van der Waals surface area contributed by atoms with Gasteiger partial charge >= 0.3 is 6.09 Å². The molecule has 9 heavy (non-hydrogen) atoms. The molecule has 1 fully saturated rings. The van der Waals surface area contributed by atoms with Gasteiger partial charge in [-0.05, 0) is 12.8 Å². The molecule has 1 aliphatic heterocycles. The number of nitrogens with zero attached hydrogens (tertiary/aromatic N) is 1. The average molecular weight is 138 g/mol. The van der Waals surface area contributed by atoms with Crippen molar-refractivity contribution in [3.8, 4) is 0 Å². The van der Waals surface area contributed by atoms with Crippen molar-refractivity contribution in [2.75, 3.05) is 13.1 Å². The van der Waals surface area contributed by atoms with Gasteiger partial charge in [0.15, 0.2) is 0 Å². The van der Waals surface area contributed by atoms with Gasteiger partial charge in [0.25, 0.3) is 0 Å². The fourth-order valence-corrected chi connectivity index (χ4v) is 0.908. The van der Waals surface area contributed by atoms with Crippen LogP contribution in [0.3, 0.4) is 0 Å². The Labute approximate surface area is 76.3 Å². The van der Waals surface area contributed by atoms with E-state index in [2.05, 4.69) is 0 Å². The number of rotatable bonds is 0. The van der Waals surface area contributed by atoms with Crippen LogP contribution >= 0.6 is 0 Å². The van der Waals surface area contributed by atoms with Crippen molar-refractivity contribution in [2.24, 2.45) is 0 Å². The zero-order valence-corrected chi connectivity index (χ0v) is 7.63. The van der Waals surface area contributed by atoms with Crippen LogP contribution in [0.25, 0.3) is 0 Å². The van der Waals surface area contributed by atoms with Crippen LogP contribution in [0.4, 0.5) is 4.79 Å². The molecular weight excluding hydrogens is 129 g/mol. The number of likely N-dealkylation sites (tertiary alicyclic amines) is 1. The molecule has 1 aliphatic rings. The zero-order chi connectivity index (χ0) is 5.98. The molecule has 1 radical (unpaired) electrons. The Morgan fingerprint density at radius 2 is 1.78 bits per heavy atom. The Morgan fingerprint density at radius 1 is 1.33 bits per heavy atom. The van der Waals surface area contributed by atoms with Crippen LogP contribution in [0.15, 0.2) is 0 Å². The summed E-state index contributed by atoms with van der Waals surface area (Å²) in [5.74, 6) is 0. The summed E-state index contributed by atoms with van der Waals surface area (Å²) in [6.07, 6.45) is 1.29. The Hall–Kier alpha value is 0.270. The summed E-state index contributed by atoms with van der Waals surface area (Å²) in [5.41, 5.74) is 0. The summed E-state index contributed by atoms with van der Waals surface area (Å²) in [6.45, 7) is 1.46. The SMILES string of the molecule is O=C(O)N1CCCC1.[Na]. The molecule has 1 saturated heterocycles. The van der Waals surface area contributed by atoms with Crippen LogP contribution in [0.5, 0.6) is 0 Å². The first-order valence-electron chi connectivity index (χ1n) is 2.78. The van der Waals surface area contributed by atoms with Crippen LogP contribution in [0, 0.1) is 0 Å². The van der Waals surface area contributed by atoms with E-state index in [0.29, 0.717) is 0 Å². The second-order valence-electron chi connectivity index (χ2n) is 1.98. The second kappa shape index (κ2) is 4.14. The second-order valence-corrected chi connectivity index (χ2v) is 1.98. The van der Waals surface area contributed by atoms with E-state index in [9.17, 15) is 4.79 Å². The Bertz CT molecular complexity index is 101. The van der Waals surface area contributed by atoms with Gasteiger partial charge in [0.1, 0.15) is 0 Å². The Kier molecular flexibility index (Phi) is 4.27. The zero-order valence-electron chi connectivity index (χ0n) is 5.63. The van der Waals surface area contributed by atoms with E-state index in [0.717, 1.165) is 25.9 Å². The van der Waals surface area contributed by atoms with Crippen molar-refractivity contribution in [1.29, 1.82) is 0 Å². The minimum absolute atomic E-state index is 0. The summed E-state index contributed by atoms with van der Waals surface area (Å²) in [4.78, 5) is 11.6. The van der Waals surface area contributed by atoms with E-state index in [1.54, 1.807) is 0 Å². The fraction of sp³-hybridized carbons (Fsp3) is 0.800. The number of hydrogen-bond acceptors (Lipinski definition) is 1. The van der Waals surface area contributed by atoms with E-state index in [4.69, 9.17) is 5.11 Å². The number of carboxylic acid groups (broad SMARTS) is 1. The van der Waals surface area contributed by atoms with Gasteiger partial charge in [-0.25, -0.2) is 4.79 Å². The maximum absolute atomic E-state index is 10.1. The summed E-state index contributed by atoms with van der Waals surface area (Å²) in [6, 6.07) is 0. The third kappa shape index (κ3) is 2.56. The van der Waals surface area contributed by atoms with E-state index >= 15 is 0 Å². The fourth-order valence-electron chi connectivity index (χ4n) is 0.908. The quantitative estimate of drug-likeness (QED) is 0.491. The third-order valence-corrected chi connectivity index (χ3v) is 1.38. The smallest absolute Gasteiger partial charge is 0.407 e. The maximum atomic E-state index is 10.1. The molecule has 0 saturated carbocycles. The van der Waals surface area contributed by atoms with Crippen LogP contribution in [-0.2, 0) is 0 Å². The number of hydrogen-bond donors (Lipinski definition) is 1. The minimum Gasteiger partial charge on any atom is -0.465 e. The van der Waals surface area contributed by atoms with Crippen LogP contribution in [0.1, 0.15) is 12.8 Å². The van der Waals surface area contributed by atoms with Crippen LogP contribution in [0.2, 0.25) is 0 Å². The predicted molar refractivity (Wildman–Crippen MR) is 34.6 cm³/mol. The first-order chi connectivity index (χ1) is 3.80. The molecule has 0 spiro atoms. The van der Waals surface area contributed by atoms with Gasteiger partial charge in [-0.1, -0.05) is 0 Å². The minimum atomic E-state index is -0.775. The molecule has 4 heteroatoms. The van der Waals surface area contributed by atoms with Crippen LogP contribution in [-0.4, -0.2) is 58.7 Å². The van der Waals surface area contributed by atoms with E-state index in [1.165, 1.54) is 4.90 Å². The standard InChI is InChI=1S/C5H9NO2.Na/c7-5(8)6-3-1-2-4-6;/h1-4H2,(H,7,8);. The van der Waals surface area contributed by atoms with Gasteiger partial charge in [-0.15, -0.1) is 0 Å². The Balaban J connectivity index is 0.000000640. The van der Waals surface area contributed by atoms with Gasteiger partial charge < -0.3 is 10.0 Å². The first kappa shape index (κ1) is 9.27. The molecule has 1 amide bonds. The summed E-state index contributed by atoms with van der Waals surface area (Å²) in [7, 11) is 0. The maximum Gasteiger partial charge on any atom is 0.407 e. The number of amides is 1. The normalized spacial score (nSPS) is 17.1. The molecule has 3 nitrogen and oxygen atoms in total. The summed E-state index contributed by atoms with van der Waals surface area (Å²) in [5, 5.41) is 8.34. The Morgan fingerprint density at radius 3 is 2.00 bits per heavy atom. The topological polar surface area (TPSA) is 40.5 Å². The molecular formula is C5H9NNaO2. The molecule has 0 aliphatic carbocycles. The monoisotopic (exact) mass is 138 g/mol. The first-order valence-corrected chi connectivity index (χ1v) is 2.78. The molecule has 1 rings (SSSR count). The molecule has 0 unspecified atom stereocenters. The molecule has 47 valence electrons. The van der Waals surface area contributed by atoms with Crippen molar-refractivity contribution >= 4 is 35.7 Å². The largest absolute Gasteiger partial charge is 0.465 e. The van der Waals surface area contributed by atoms with Gasteiger partial charge in [0, 0.05) is 42.6 Å². The van der Waals surface area contributed by atoms with Crippen molar-refractivity contribution in [3.05, 3.63) is 0 Å². The molecule has 1 heterocycles.